The quantitative estimate of drug-likeness (QED) is 0.430. The van der Waals surface area contributed by atoms with Crippen molar-refractivity contribution >= 4 is 49.9 Å². The van der Waals surface area contributed by atoms with Crippen molar-refractivity contribution in [3.63, 3.8) is 0 Å². The number of fused-ring (bicyclic) bond motifs is 3. The maximum atomic E-state index is 12.3. The number of nitrogens with zero attached hydrogens (tertiary/aromatic N) is 4. The topological polar surface area (TPSA) is 96.7 Å². The molecule has 0 aliphatic carbocycles. The number of nitrogens with one attached hydrogen (secondary N) is 1. The highest BCUT2D eigenvalue weighted by Gasteiger charge is 2.17. The van der Waals surface area contributed by atoms with Gasteiger partial charge in [0.25, 0.3) is 0 Å². The molecule has 0 saturated heterocycles. The lowest BCUT2D eigenvalue weighted by Crippen LogP contribution is -2.22. The Labute approximate surface area is 184 Å². The van der Waals surface area contributed by atoms with Gasteiger partial charge in [-0.25, -0.2) is 12.7 Å². The molecular weight excluding hydrogens is 434 g/mol. The van der Waals surface area contributed by atoms with E-state index in [1.54, 1.807) is 12.1 Å². The summed E-state index contributed by atoms with van der Waals surface area (Å²) in [6.45, 7) is 0. The maximum Gasteiger partial charge on any atom is 0.242 e. The second-order valence-electron chi connectivity index (χ2n) is 7.03. The summed E-state index contributed by atoms with van der Waals surface area (Å²) in [5, 5.41) is 13.1. The maximum absolute atomic E-state index is 12.3. The molecule has 8 nitrogen and oxygen atoms in total. The van der Waals surface area contributed by atoms with Gasteiger partial charge < -0.3 is 5.32 Å². The van der Waals surface area contributed by atoms with Gasteiger partial charge in [-0.15, -0.1) is 10.2 Å². The zero-order valence-electron chi connectivity index (χ0n) is 17.0. The Kier molecular flexibility index (Phi) is 5.94. The molecule has 10 heteroatoms. The highest BCUT2D eigenvalue weighted by atomic mass is 32.2. The number of para-hydroxylation sites is 1. The third kappa shape index (κ3) is 4.41. The summed E-state index contributed by atoms with van der Waals surface area (Å²) in [5.74, 6) is 0.373. The van der Waals surface area contributed by atoms with Crippen molar-refractivity contribution < 1.29 is 13.2 Å². The first kappa shape index (κ1) is 21.3. The molecule has 0 spiro atoms. The summed E-state index contributed by atoms with van der Waals surface area (Å²) in [6.07, 6.45) is 0.280. The number of benzene rings is 2. The highest BCUT2D eigenvalue weighted by molar-refractivity contribution is 7.99. The molecule has 0 saturated carbocycles. The summed E-state index contributed by atoms with van der Waals surface area (Å²) in [4.78, 5) is 12.5. The molecule has 4 aromatic rings. The van der Waals surface area contributed by atoms with Crippen molar-refractivity contribution in [1.82, 2.24) is 18.9 Å². The molecule has 0 unspecified atom stereocenters. The van der Waals surface area contributed by atoms with Gasteiger partial charge in [-0.1, -0.05) is 30.0 Å². The van der Waals surface area contributed by atoms with E-state index in [-0.39, 0.29) is 17.2 Å². The van der Waals surface area contributed by atoms with E-state index in [2.05, 4.69) is 15.5 Å². The van der Waals surface area contributed by atoms with Gasteiger partial charge in [-0.3, -0.25) is 9.20 Å². The lowest BCUT2D eigenvalue weighted by molar-refractivity contribution is -0.115. The Bertz CT molecular complexity index is 1350. The molecule has 1 amide bonds. The van der Waals surface area contributed by atoms with Crippen LogP contribution < -0.4 is 5.32 Å². The summed E-state index contributed by atoms with van der Waals surface area (Å²) < 4.78 is 27.4. The van der Waals surface area contributed by atoms with Crippen molar-refractivity contribution in [1.29, 1.82) is 0 Å². The Balaban J connectivity index is 1.38. The Morgan fingerprint density at radius 3 is 2.52 bits per heavy atom. The fourth-order valence-corrected chi connectivity index (χ4v) is 4.88. The molecule has 2 aromatic heterocycles. The van der Waals surface area contributed by atoms with E-state index in [0.717, 1.165) is 26.0 Å². The first-order valence-corrected chi connectivity index (χ1v) is 12.0. The number of carbonyl (C=O) groups excluding carboxylic acids is 1. The van der Waals surface area contributed by atoms with Crippen LogP contribution in [0, 0.1) is 0 Å². The van der Waals surface area contributed by atoms with Crippen molar-refractivity contribution in [2.45, 2.75) is 16.5 Å². The summed E-state index contributed by atoms with van der Waals surface area (Å²) in [5.41, 5.74) is 2.33. The number of sulfonamides is 1. The Morgan fingerprint density at radius 2 is 1.77 bits per heavy atom. The van der Waals surface area contributed by atoms with Gasteiger partial charge in [0.1, 0.15) is 0 Å². The smallest absolute Gasteiger partial charge is 0.242 e. The molecule has 1 N–H and O–H groups in total. The van der Waals surface area contributed by atoms with Crippen LogP contribution in [0.2, 0.25) is 0 Å². The van der Waals surface area contributed by atoms with Gasteiger partial charge >= 0.3 is 0 Å². The summed E-state index contributed by atoms with van der Waals surface area (Å²) >= 11 is 1.46. The number of thioether (sulfide) groups is 1. The van der Waals surface area contributed by atoms with Gasteiger partial charge in [0.2, 0.25) is 15.9 Å². The molecule has 2 aromatic carbocycles. The standard InChI is InChI=1S/C21H21N5O3S2/c1-25(2)31(28,29)17-10-8-16(9-11-17)22-20(27)13-14-30-21-24-23-19-12-7-15-5-3-4-6-18(15)26(19)21/h3-12H,13-14H2,1-2H3,(H,22,27). The molecule has 0 aliphatic heterocycles. The largest absolute Gasteiger partial charge is 0.326 e. The van der Waals surface area contributed by atoms with Crippen LogP contribution in [0.15, 0.2) is 70.7 Å². The van der Waals surface area contributed by atoms with Crippen LogP contribution in [-0.2, 0) is 14.8 Å². The van der Waals surface area contributed by atoms with Gasteiger partial charge in [0.05, 0.1) is 10.4 Å². The monoisotopic (exact) mass is 455 g/mol. The third-order valence-electron chi connectivity index (χ3n) is 4.72. The average molecular weight is 456 g/mol. The van der Waals surface area contributed by atoms with E-state index in [0.29, 0.717) is 11.4 Å². The molecule has 0 atom stereocenters. The SMILES string of the molecule is CN(C)S(=O)(=O)c1ccc(NC(=O)CCSc2nnc3ccc4ccccc4n23)cc1. The number of hydrogen-bond donors (Lipinski definition) is 1. The first-order chi connectivity index (χ1) is 14.9. The zero-order chi connectivity index (χ0) is 22.0. The lowest BCUT2D eigenvalue weighted by atomic mass is 10.2. The first-order valence-electron chi connectivity index (χ1n) is 9.54. The van der Waals surface area contributed by atoms with E-state index in [4.69, 9.17) is 0 Å². The second kappa shape index (κ2) is 8.66. The predicted molar refractivity (Wildman–Crippen MR) is 122 cm³/mol. The number of hydrogen-bond acceptors (Lipinski definition) is 6. The van der Waals surface area contributed by atoms with Crippen LogP contribution in [0.3, 0.4) is 0 Å². The van der Waals surface area contributed by atoms with Crippen LogP contribution in [0.1, 0.15) is 6.42 Å². The molecule has 0 fully saturated rings. The normalized spacial score (nSPS) is 12.0. The minimum absolute atomic E-state index is 0.158. The van der Waals surface area contributed by atoms with Gasteiger partial charge in [-0.05, 0) is 47.9 Å². The van der Waals surface area contributed by atoms with Crippen LogP contribution in [0.5, 0.6) is 0 Å². The number of rotatable bonds is 7. The van der Waals surface area contributed by atoms with Crippen LogP contribution in [0.4, 0.5) is 5.69 Å². The van der Waals surface area contributed by atoms with Gasteiger partial charge in [0, 0.05) is 32.0 Å². The molecule has 0 radical (unpaired) electrons. The fraction of sp³-hybridized carbons (Fsp3) is 0.190. The van der Waals surface area contributed by atoms with E-state index in [9.17, 15) is 13.2 Å². The molecule has 31 heavy (non-hydrogen) atoms. The van der Waals surface area contributed by atoms with Gasteiger partial charge in [0.15, 0.2) is 10.8 Å². The second-order valence-corrected chi connectivity index (χ2v) is 10.2. The molecule has 4 rings (SSSR count). The Hall–Kier alpha value is -2.95. The third-order valence-corrected chi connectivity index (χ3v) is 7.48. The molecular formula is C21H21N5O3S2. The van der Waals surface area contributed by atoms with Crippen LogP contribution >= 0.6 is 11.8 Å². The minimum atomic E-state index is -3.49. The number of anilines is 1. The molecule has 0 bridgehead atoms. The zero-order valence-corrected chi connectivity index (χ0v) is 18.7. The van der Waals surface area contributed by atoms with Crippen LogP contribution in [-0.4, -0.2) is 53.1 Å². The lowest BCUT2D eigenvalue weighted by Gasteiger charge is -2.12. The molecule has 2 heterocycles. The van der Waals surface area contributed by atoms with Crippen molar-refractivity contribution in [3.8, 4) is 0 Å². The minimum Gasteiger partial charge on any atom is -0.326 e. The fourth-order valence-electron chi connectivity index (χ4n) is 3.09. The summed E-state index contributed by atoms with van der Waals surface area (Å²) in [7, 11) is -0.540. The molecule has 0 aliphatic rings. The van der Waals surface area contributed by atoms with E-state index >= 15 is 0 Å². The van der Waals surface area contributed by atoms with E-state index in [1.165, 1.54) is 38.0 Å². The van der Waals surface area contributed by atoms with Crippen molar-refractivity contribution in [2.24, 2.45) is 0 Å². The van der Waals surface area contributed by atoms with Gasteiger partial charge in [-0.2, -0.15) is 0 Å². The predicted octanol–water partition coefficient (Wildman–Crippen LogP) is 3.25. The molecule has 160 valence electrons. The van der Waals surface area contributed by atoms with E-state index in [1.807, 2.05) is 40.8 Å². The van der Waals surface area contributed by atoms with Crippen molar-refractivity contribution in [3.05, 3.63) is 60.7 Å². The number of pyridine rings is 1. The van der Waals surface area contributed by atoms with E-state index < -0.39 is 10.0 Å². The number of aromatic nitrogens is 3. The van der Waals surface area contributed by atoms with Crippen LogP contribution in [0.25, 0.3) is 16.6 Å². The highest BCUT2D eigenvalue weighted by Crippen LogP contribution is 2.24. The number of carbonyl (C=O) groups is 1. The summed E-state index contributed by atoms with van der Waals surface area (Å²) in [6, 6.07) is 18.1. The Morgan fingerprint density at radius 1 is 1.03 bits per heavy atom. The number of amides is 1. The average Bonchev–Trinajstić information content (AvgIpc) is 3.17. The van der Waals surface area contributed by atoms with Crippen molar-refractivity contribution in [2.75, 3.05) is 25.2 Å².